The Kier molecular flexibility index (Phi) is 7.24. The minimum atomic E-state index is -0.718. The summed E-state index contributed by atoms with van der Waals surface area (Å²) in [6, 6.07) is 16.4. The van der Waals surface area contributed by atoms with Crippen molar-refractivity contribution in [3.8, 4) is 11.1 Å². The lowest BCUT2D eigenvalue weighted by molar-refractivity contribution is -0.146. The van der Waals surface area contributed by atoms with Crippen LogP contribution in [0.2, 0.25) is 0 Å². The molecule has 1 amide bonds. The predicted molar refractivity (Wildman–Crippen MR) is 138 cm³/mol. The average molecular weight is 475 g/mol. The number of carbonyl (C=O) groups excluding carboxylic acids is 1. The molecule has 1 saturated heterocycles. The zero-order valence-corrected chi connectivity index (χ0v) is 20.9. The zero-order chi connectivity index (χ0) is 24.4. The first-order valence-corrected chi connectivity index (χ1v) is 13.4. The first kappa shape index (κ1) is 24.1. The van der Waals surface area contributed by atoms with Crippen LogP contribution in [0.25, 0.3) is 11.1 Å². The maximum Gasteiger partial charge on any atom is 0.306 e. The molecule has 2 aliphatic heterocycles. The summed E-state index contributed by atoms with van der Waals surface area (Å²) < 4.78 is 0. The standard InChI is InChI=1S/C30H38N2O3/c1-21-3-2-16-31(21)17-14-22-4-6-23(7-5-22)26-12-13-28-20-32(18-15-27(28)19-26)29(33)24-8-10-25(11-9-24)30(34)35/h4-7,12-13,19,21,24-25H,2-3,8-11,14-18,20H2,1H3,(H,34,35)/t21-,24?,25?/m1/s1. The van der Waals surface area contributed by atoms with Gasteiger partial charge in [-0.05, 0) is 92.7 Å². The molecule has 186 valence electrons. The lowest BCUT2D eigenvalue weighted by Gasteiger charge is -2.34. The SMILES string of the molecule is C[C@@H]1CCCN1CCc1ccc(-c2ccc3c(c2)CCN(C(=O)C2CCC(C(=O)O)CC2)C3)cc1. The van der Waals surface area contributed by atoms with Gasteiger partial charge < -0.3 is 14.9 Å². The van der Waals surface area contributed by atoms with Crippen molar-refractivity contribution in [3.63, 3.8) is 0 Å². The summed E-state index contributed by atoms with van der Waals surface area (Å²) in [5.41, 5.74) is 6.48. The Morgan fingerprint density at radius 1 is 0.886 bits per heavy atom. The monoisotopic (exact) mass is 474 g/mol. The van der Waals surface area contributed by atoms with E-state index >= 15 is 0 Å². The number of rotatable bonds is 6. The molecule has 2 aromatic rings. The minimum absolute atomic E-state index is 0.0152. The molecule has 5 nitrogen and oxygen atoms in total. The minimum Gasteiger partial charge on any atom is -0.481 e. The largest absolute Gasteiger partial charge is 0.481 e. The highest BCUT2D eigenvalue weighted by atomic mass is 16.4. The van der Waals surface area contributed by atoms with E-state index in [0.29, 0.717) is 32.2 Å². The summed E-state index contributed by atoms with van der Waals surface area (Å²) in [4.78, 5) is 28.9. The van der Waals surface area contributed by atoms with Crippen LogP contribution in [0.4, 0.5) is 0 Å². The van der Waals surface area contributed by atoms with Crippen LogP contribution in [-0.4, -0.2) is 52.5 Å². The highest BCUT2D eigenvalue weighted by Gasteiger charge is 2.33. The summed E-state index contributed by atoms with van der Waals surface area (Å²) in [5, 5.41) is 9.22. The van der Waals surface area contributed by atoms with Gasteiger partial charge in [-0.2, -0.15) is 0 Å². The fourth-order valence-corrected chi connectivity index (χ4v) is 6.23. The molecule has 1 aliphatic carbocycles. The van der Waals surface area contributed by atoms with Crippen LogP contribution in [0.15, 0.2) is 42.5 Å². The summed E-state index contributed by atoms with van der Waals surface area (Å²) in [7, 11) is 0. The molecule has 1 N–H and O–H groups in total. The van der Waals surface area contributed by atoms with Gasteiger partial charge in [0.2, 0.25) is 5.91 Å². The highest BCUT2D eigenvalue weighted by Crippen LogP contribution is 2.32. The van der Waals surface area contributed by atoms with Crippen LogP contribution >= 0.6 is 0 Å². The van der Waals surface area contributed by atoms with Gasteiger partial charge in [0.25, 0.3) is 0 Å². The Balaban J connectivity index is 1.18. The molecule has 3 aliphatic rings. The Hall–Kier alpha value is -2.66. The molecule has 2 aromatic carbocycles. The van der Waals surface area contributed by atoms with Gasteiger partial charge in [-0.25, -0.2) is 0 Å². The molecule has 0 spiro atoms. The maximum absolute atomic E-state index is 13.1. The molecule has 2 heterocycles. The van der Waals surface area contributed by atoms with Gasteiger partial charge in [0, 0.05) is 31.6 Å². The van der Waals surface area contributed by atoms with Gasteiger partial charge in [0.15, 0.2) is 0 Å². The molecule has 2 fully saturated rings. The molecule has 0 unspecified atom stereocenters. The Bertz CT molecular complexity index is 1060. The van der Waals surface area contributed by atoms with E-state index in [4.69, 9.17) is 0 Å². The van der Waals surface area contributed by atoms with Crippen LogP contribution in [0, 0.1) is 11.8 Å². The molecule has 0 aromatic heterocycles. The smallest absolute Gasteiger partial charge is 0.306 e. The van der Waals surface area contributed by atoms with Crippen molar-refractivity contribution in [1.29, 1.82) is 0 Å². The average Bonchev–Trinajstić information content (AvgIpc) is 3.31. The summed E-state index contributed by atoms with van der Waals surface area (Å²) in [6.45, 7) is 6.15. The van der Waals surface area contributed by atoms with Gasteiger partial charge in [-0.1, -0.05) is 42.5 Å². The maximum atomic E-state index is 13.1. The molecule has 1 saturated carbocycles. The van der Waals surface area contributed by atoms with Crippen molar-refractivity contribution in [1.82, 2.24) is 9.80 Å². The number of aliphatic carboxylic acids is 1. The molecule has 5 rings (SSSR count). The third-order valence-electron chi connectivity index (χ3n) is 8.62. The molecular formula is C30H38N2O3. The topological polar surface area (TPSA) is 60.9 Å². The van der Waals surface area contributed by atoms with Crippen LogP contribution in [0.5, 0.6) is 0 Å². The zero-order valence-electron chi connectivity index (χ0n) is 20.9. The number of amides is 1. The van der Waals surface area contributed by atoms with Crippen molar-refractivity contribution < 1.29 is 14.7 Å². The van der Waals surface area contributed by atoms with Crippen molar-refractivity contribution >= 4 is 11.9 Å². The van der Waals surface area contributed by atoms with E-state index in [1.54, 1.807) is 0 Å². The highest BCUT2D eigenvalue weighted by molar-refractivity contribution is 5.80. The fourth-order valence-electron chi connectivity index (χ4n) is 6.23. The number of carboxylic acid groups (broad SMARTS) is 1. The Morgan fingerprint density at radius 2 is 1.60 bits per heavy atom. The molecular weight excluding hydrogens is 436 g/mol. The van der Waals surface area contributed by atoms with Crippen molar-refractivity contribution in [2.45, 2.75) is 70.9 Å². The third-order valence-corrected chi connectivity index (χ3v) is 8.62. The second-order valence-corrected chi connectivity index (χ2v) is 10.9. The number of hydrogen-bond acceptors (Lipinski definition) is 3. The normalized spacial score (nSPS) is 24.8. The lowest BCUT2D eigenvalue weighted by Crippen LogP contribution is -2.41. The van der Waals surface area contributed by atoms with Crippen LogP contribution < -0.4 is 0 Å². The fraction of sp³-hybridized carbons (Fsp3) is 0.533. The van der Waals surface area contributed by atoms with E-state index in [1.165, 1.54) is 47.2 Å². The molecule has 1 atom stereocenters. The molecule has 35 heavy (non-hydrogen) atoms. The summed E-state index contributed by atoms with van der Waals surface area (Å²) >= 11 is 0. The first-order chi connectivity index (χ1) is 17.0. The molecule has 0 bridgehead atoms. The van der Waals surface area contributed by atoms with Crippen LogP contribution in [-0.2, 0) is 29.0 Å². The number of fused-ring (bicyclic) bond motifs is 1. The van der Waals surface area contributed by atoms with Gasteiger partial charge in [0.1, 0.15) is 0 Å². The van der Waals surface area contributed by atoms with Crippen LogP contribution in [0.1, 0.15) is 62.1 Å². The predicted octanol–water partition coefficient (Wildman–Crippen LogP) is 5.16. The summed E-state index contributed by atoms with van der Waals surface area (Å²) in [5.74, 6) is -0.798. The Morgan fingerprint density at radius 3 is 2.29 bits per heavy atom. The van der Waals surface area contributed by atoms with E-state index in [9.17, 15) is 14.7 Å². The Labute approximate surface area is 209 Å². The van der Waals surface area contributed by atoms with E-state index < -0.39 is 5.97 Å². The van der Waals surface area contributed by atoms with Crippen LogP contribution in [0.3, 0.4) is 0 Å². The van der Waals surface area contributed by atoms with Crippen molar-refractivity contribution in [3.05, 3.63) is 59.2 Å². The molecule has 0 radical (unpaired) electrons. The van der Waals surface area contributed by atoms with Gasteiger partial charge in [-0.3, -0.25) is 9.59 Å². The van der Waals surface area contributed by atoms with Crippen molar-refractivity contribution in [2.24, 2.45) is 11.8 Å². The number of carboxylic acids is 1. The van der Waals surface area contributed by atoms with E-state index in [1.807, 2.05) is 4.90 Å². The van der Waals surface area contributed by atoms with E-state index in [0.717, 1.165) is 32.0 Å². The number of benzene rings is 2. The van der Waals surface area contributed by atoms with E-state index in [2.05, 4.69) is 54.3 Å². The quantitative estimate of drug-likeness (QED) is 0.629. The second kappa shape index (κ2) is 10.5. The van der Waals surface area contributed by atoms with Gasteiger partial charge in [0.05, 0.1) is 5.92 Å². The second-order valence-electron chi connectivity index (χ2n) is 10.9. The van der Waals surface area contributed by atoms with Gasteiger partial charge in [-0.15, -0.1) is 0 Å². The number of carbonyl (C=O) groups is 2. The number of nitrogens with zero attached hydrogens (tertiary/aromatic N) is 2. The van der Waals surface area contributed by atoms with Crippen molar-refractivity contribution in [2.75, 3.05) is 19.6 Å². The lowest BCUT2D eigenvalue weighted by atomic mass is 9.81. The third kappa shape index (κ3) is 5.45. The summed E-state index contributed by atoms with van der Waals surface area (Å²) in [6.07, 6.45) is 7.29. The van der Waals surface area contributed by atoms with Gasteiger partial charge >= 0.3 is 5.97 Å². The first-order valence-electron chi connectivity index (χ1n) is 13.4. The van der Waals surface area contributed by atoms with E-state index in [-0.39, 0.29) is 17.7 Å². The number of likely N-dealkylation sites (tertiary alicyclic amines) is 1. The number of hydrogen-bond donors (Lipinski definition) is 1. The molecule has 5 heteroatoms.